The van der Waals surface area contributed by atoms with Crippen LogP contribution in [0.1, 0.15) is 58.2 Å². The second kappa shape index (κ2) is 12.5. The summed E-state index contributed by atoms with van der Waals surface area (Å²) in [5.41, 5.74) is 18.0. The van der Waals surface area contributed by atoms with Crippen LogP contribution in [0.5, 0.6) is 0 Å². The summed E-state index contributed by atoms with van der Waals surface area (Å²) in [6.07, 6.45) is 0. The van der Waals surface area contributed by atoms with Crippen molar-refractivity contribution in [2.45, 2.75) is 59.3 Å². The molecule has 0 amide bonds. The zero-order valence-electron chi connectivity index (χ0n) is 34.1. The number of para-hydroxylation sites is 1. The van der Waals surface area contributed by atoms with Crippen LogP contribution in [0.15, 0.2) is 150 Å². The molecule has 5 heteroatoms. The van der Waals surface area contributed by atoms with Gasteiger partial charge in [0.05, 0.1) is 10.7 Å². The minimum Gasteiger partial charge on any atom is -0.455 e. The van der Waals surface area contributed by atoms with Crippen molar-refractivity contribution < 1.29 is 4.42 Å². The van der Waals surface area contributed by atoms with Gasteiger partial charge >= 0.3 is 6.85 Å². The Morgan fingerprint density at radius 2 is 1.22 bits per heavy atom. The molecule has 0 N–H and O–H groups in total. The highest BCUT2D eigenvalue weighted by Gasteiger charge is 2.48. The fourth-order valence-corrected chi connectivity index (χ4v) is 10.8. The molecular formula is C53H45BN2OS. The number of aryl methyl sites for hydroxylation is 1. The molecular weight excluding hydrogens is 723 g/mol. The molecule has 0 spiro atoms. The lowest BCUT2D eigenvalue weighted by Gasteiger charge is -2.45. The number of hydrogen-bond acceptors (Lipinski definition) is 4. The summed E-state index contributed by atoms with van der Waals surface area (Å²) in [5.74, 6) is 0. The molecule has 0 radical (unpaired) electrons. The van der Waals surface area contributed by atoms with Gasteiger partial charge in [-0.25, -0.2) is 0 Å². The summed E-state index contributed by atoms with van der Waals surface area (Å²) in [6, 6.07) is 54.4. The van der Waals surface area contributed by atoms with E-state index in [1.54, 1.807) is 0 Å². The van der Waals surface area contributed by atoms with Gasteiger partial charge in [-0.2, -0.15) is 0 Å². The molecule has 2 aromatic heterocycles. The largest absolute Gasteiger partial charge is 0.455 e. The highest BCUT2D eigenvalue weighted by molar-refractivity contribution is 7.26. The van der Waals surface area contributed by atoms with Gasteiger partial charge in [-0.05, 0) is 116 Å². The molecule has 0 unspecified atom stereocenters. The first-order chi connectivity index (χ1) is 28.0. The van der Waals surface area contributed by atoms with Crippen molar-refractivity contribution >= 4 is 88.9 Å². The van der Waals surface area contributed by atoms with E-state index < -0.39 is 0 Å². The molecule has 282 valence electrons. The first kappa shape index (κ1) is 35.2. The summed E-state index contributed by atoms with van der Waals surface area (Å²) in [7, 11) is 0. The predicted molar refractivity (Wildman–Crippen MR) is 250 cm³/mol. The van der Waals surface area contributed by atoms with Gasteiger partial charge in [0.15, 0.2) is 0 Å². The number of benzene rings is 7. The fourth-order valence-electron chi connectivity index (χ4n) is 9.53. The van der Waals surface area contributed by atoms with Gasteiger partial charge in [-0.15, -0.1) is 11.3 Å². The molecule has 0 atom stereocenters. The summed E-state index contributed by atoms with van der Waals surface area (Å²) < 4.78 is 8.23. The van der Waals surface area contributed by atoms with E-state index in [0.717, 1.165) is 27.5 Å². The number of fused-ring (bicyclic) bond motifs is 10. The average molecular weight is 769 g/mol. The van der Waals surface area contributed by atoms with Gasteiger partial charge < -0.3 is 14.1 Å². The summed E-state index contributed by atoms with van der Waals surface area (Å²) in [5, 5.41) is 4.85. The molecule has 3 nitrogen and oxygen atoms in total. The smallest absolute Gasteiger partial charge is 0.334 e. The molecule has 58 heavy (non-hydrogen) atoms. The Kier molecular flexibility index (Phi) is 7.56. The molecule has 0 saturated heterocycles. The number of furan rings is 1. The predicted octanol–water partition coefficient (Wildman–Crippen LogP) is 14.1. The van der Waals surface area contributed by atoms with Gasteiger partial charge in [0.2, 0.25) is 0 Å². The molecule has 0 aliphatic carbocycles. The minimum absolute atomic E-state index is 0.00890. The van der Waals surface area contributed by atoms with E-state index in [4.69, 9.17) is 4.42 Å². The van der Waals surface area contributed by atoms with Crippen LogP contribution >= 0.6 is 11.3 Å². The highest BCUT2D eigenvalue weighted by Crippen LogP contribution is 2.53. The van der Waals surface area contributed by atoms with E-state index in [0.29, 0.717) is 0 Å². The first-order valence-corrected chi connectivity index (χ1v) is 21.3. The molecule has 4 heterocycles. The second-order valence-electron chi connectivity index (χ2n) is 18.2. The van der Waals surface area contributed by atoms with Gasteiger partial charge in [-0.1, -0.05) is 133 Å². The maximum atomic E-state index is 6.94. The van der Waals surface area contributed by atoms with Crippen LogP contribution in [-0.2, 0) is 10.8 Å². The van der Waals surface area contributed by atoms with E-state index in [2.05, 4.69) is 204 Å². The maximum Gasteiger partial charge on any atom is 0.334 e. The van der Waals surface area contributed by atoms with E-state index in [1.807, 2.05) is 11.3 Å². The number of thiophene rings is 1. The Morgan fingerprint density at radius 1 is 0.552 bits per heavy atom. The first-order valence-electron chi connectivity index (χ1n) is 20.5. The lowest BCUT2D eigenvalue weighted by atomic mass is 9.43. The molecule has 7 aromatic carbocycles. The third-order valence-corrected chi connectivity index (χ3v) is 13.6. The molecule has 9 aromatic rings. The van der Waals surface area contributed by atoms with Gasteiger partial charge in [-0.3, -0.25) is 0 Å². The molecule has 0 bridgehead atoms. The van der Waals surface area contributed by atoms with E-state index in [-0.39, 0.29) is 17.7 Å². The van der Waals surface area contributed by atoms with Crippen LogP contribution in [-0.4, -0.2) is 6.85 Å². The summed E-state index contributed by atoms with van der Waals surface area (Å²) in [4.78, 5) is 5.22. The lowest BCUT2D eigenvalue weighted by Crippen LogP contribution is -2.61. The lowest BCUT2D eigenvalue weighted by molar-refractivity contribution is 0.590. The van der Waals surface area contributed by atoms with Crippen molar-refractivity contribution in [2.24, 2.45) is 0 Å². The standard InChI is InChI=1S/C53H45BN2OS/c1-32-29-41-47-43(28-26-38-37-17-11-13-19-45(37)57-50(38)47)56(36-24-21-34(22-25-36)52(2,3)4)54-48(41)44(30-32)55(51-49(54)39-18-12-14-20-46(39)58-51)42-27-23-35(53(5,6)7)31-40(42)33-15-9-8-10-16-33/h8-31H,1-7H3. The monoisotopic (exact) mass is 768 g/mol. The summed E-state index contributed by atoms with van der Waals surface area (Å²) >= 11 is 1.91. The van der Waals surface area contributed by atoms with E-state index in [9.17, 15) is 0 Å². The normalized spacial score (nSPS) is 13.7. The van der Waals surface area contributed by atoms with Crippen LogP contribution < -0.4 is 20.6 Å². The SMILES string of the molecule is Cc1cc2c3c(c1)N(c1ccc(C(C)(C)C)cc1-c1ccccc1)c1sc4ccccc4c1B3N(c1ccc(C(C)(C)C)cc1)c1ccc3c(oc4ccccc43)c1-2. The third-order valence-electron chi connectivity index (χ3n) is 12.4. The molecule has 0 saturated carbocycles. The second-order valence-corrected chi connectivity index (χ2v) is 19.3. The molecule has 0 fully saturated rings. The quantitative estimate of drug-likeness (QED) is 0.167. The highest BCUT2D eigenvalue weighted by atomic mass is 32.1. The fraction of sp³-hybridized carbons (Fsp3) is 0.170. The number of rotatable bonds is 3. The van der Waals surface area contributed by atoms with Crippen molar-refractivity contribution in [2.75, 3.05) is 9.71 Å². The van der Waals surface area contributed by atoms with Gasteiger partial charge in [0, 0.05) is 43.7 Å². The zero-order valence-corrected chi connectivity index (χ0v) is 35.0. The topological polar surface area (TPSA) is 19.6 Å². The minimum atomic E-state index is -0.0863. The Balaban J connectivity index is 1.28. The van der Waals surface area contributed by atoms with Crippen molar-refractivity contribution in [1.82, 2.24) is 0 Å². The Bertz CT molecular complexity index is 3110. The van der Waals surface area contributed by atoms with Crippen molar-refractivity contribution in [3.63, 3.8) is 0 Å². The van der Waals surface area contributed by atoms with Gasteiger partial charge in [0.1, 0.15) is 11.2 Å². The average Bonchev–Trinajstić information content (AvgIpc) is 3.79. The van der Waals surface area contributed by atoms with Crippen LogP contribution in [0.4, 0.5) is 27.8 Å². The third kappa shape index (κ3) is 5.19. The van der Waals surface area contributed by atoms with E-state index in [1.165, 1.54) is 82.1 Å². The van der Waals surface area contributed by atoms with Crippen molar-refractivity contribution in [3.8, 4) is 22.3 Å². The van der Waals surface area contributed by atoms with Crippen LogP contribution in [0, 0.1) is 6.92 Å². The van der Waals surface area contributed by atoms with Gasteiger partial charge in [0.25, 0.3) is 0 Å². The van der Waals surface area contributed by atoms with Crippen molar-refractivity contribution in [1.29, 1.82) is 0 Å². The summed E-state index contributed by atoms with van der Waals surface area (Å²) in [6.45, 7) is 16.0. The van der Waals surface area contributed by atoms with Crippen LogP contribution in [0.25, 0.3) is 54.3 Å². The number of nitrogens with zero attached hydrogens (tertiary/aromatic N) is 2. The molecule has 2 aliphatic heterocycles. The molecule has 2 aliphatic rings. The molecule has 11 rings (SSSR count). The Labute approximate surface area is 345 Å². The maximum absolute atomic E-state index is 6.94. The zero-order chi connectivity index (χ0) is 39.7. The number of anilines is 5. The Hall–Kier alpha value is -6.04. The van der Waals surface area contributed by atoms with Crippen molar-refractivity contribution in [3.05, 3.63) is 162 Å². The Morgan fingerprint density at radius 3 is 1.98 bits per heavy atom. The van der Waals surface area contributed by atoms with Crippen LogP contribution in [0.3, 0.4) is 0 Å². The number of hydrogen-bond donors (Lipinski definition) is 0. The van der Waals surface area contributed by atoms with Crippen LogP contribution in [0.2, 0.25) is 0 Å². The van der Waals surface area contributed by atoms with E-state index >= 15 is 0 Å².